The fraction of sp³-hybridized carbons (Fsp3) is 0.467. The first-order valence-electron chi connectivity index (χ1n) is 7.19. The summed E-state index contributed by atoms with van der Waals surface area (Å²) in [5.74, 6) is -0.379. The summed E-state index contributed by atoms with van der Waals surface area (Å²) >= 11 is 9.43. The first kappa shape index (κ1) is 17.1. The number of anilines is 1. The summed E-state index contributed by atoms with van der Waals surface area (Å²) < 4.78 is 5.84. The van der Waals surface area contributed by atoms with Crippen molar-refractivity contribution in [1.82, 2.24) is 4.90 Å². The molecule has 0 radical (unpaired) electrons. The van der Waals surface area contributed by atoms with Gasteiger partial charge in [-0.1, -0.05) is 27.5 Å². The van der Waals surface area contributed by atoms with Crippen LogP contribution >= 0.6 is 27.5 Å². The third kappa shape index (κ3) is 4.36. The molecule has 0 aliphatic carbocycles. The molecule has 0 spiro atoms. The zero-order valence-corrected chi connectivity index (χ0v) is 14.6. The Bertz CT molecular complexity index is 568. The van der Waals surface area contributed by atoms with Gasteiger partial charge in [-0.2, -0.15) is 0 Å². The van der Waals surface area contributed by atoms with E-state index in [2.05, 4.69) is 21.2 Å². The van der Waals surface area contributed by atoms with Crippen LogP contribution in [0.1, 0.15) is 19.8 Å². The smallest absolute Gasteiger partial charge is 0.409 e. The molecule has 2 rings (SSSR count). The predicted octanol–water partition coefficient (Wildman–Crippen LogP) is 3.91. The van der Waals surface area contributed by atoms with E-state index < -0.39 is 0 Å². The van der Waals surface area contributed by atoms with Gasteiger partial charge in [0.1, 0.15) is 0 Å². The predicted molar refractivity (Wildman–Crippen MR) is 89.1 cm³/mol. The Morgan fingerprint density at radius 3 is 2.95 bits per heavy atom. The van der Waals surface area contributed by atoms with Crippen molar-refractivity contribution in [3.05, 3.63) is 27.7 Å². The van der Waals surface area contributed by atoms with E-state index in [0.717, 1.165) is 17.3 Å². The molecule has 1 aromatic rings. The highest BCUT2D eigenvalue weighted by Gasteiger charge is 2.29. The fourth-order valence-corrected chi connectivity index (χ4v) is 3.12. The molecular weight excluding hydrogens is 372 g/mol. The average molecular weight is 390 g/mol. The van der Waals surface area contributed by atoms with Crippen molar-refractivity contribution >= 4 is 45.2 Å². The molecule has 0 bridgehead atoms. The lowest BCUT2D eigenvalue weighted by Crippen LogP contribution is -2.44. The number of likely N-dealkylation sites (tertiary alicyclic amines) is 1. The van der Waals surface area contributed by atoms with E-state index in [1.165, 1.54) is 0 Å². The summed E-state index contributed by atoms with van der Waals surface area (Å²) in [5, 5.41) is 3.30. The van der Waals surface area contributed by atoms with Crippen molar-refractivity contribution < 1.29 is 14.3 Å². The minimum absolute atomic E-state index is 0.127. The number of nitrogens with zero attached hydrogens (tertiary/aromatic N) is 1. The minimum Gasteiger partial charge on any atom is -0.450 e. The zero-order valence-electron chi connectivity index (χ0n) is 12.3. The molecule has 22 heavy (non-hydrogen) atoms. The molecule has 1 aromatic carbocycles. The number of carbonyl (C=O) groups is 2. The van der Waals surface area contributed by atoms with Gasteiger partial charge in [-0.25, -0.2) is 4.79 Å². The number of amides is 2. The van der Waals surface area contributed by atoms with Crippen molar-refractivity contribution in [1.29, 1.82) is 0 Å². The molecule has 1 aliphatic heterocycles. The number of piperidine rings is 1. The maximum atomic E-state index is 12.4. The Morgan fingerprint density at radius 1 is 1.50 bits per heavy atom. The van der Waals surface area contributed by atoms with Gasteiger partial charge < -0.3 is 15.0 Å². The van der Waals surface area contributed by atoms with Gasteiger partial charge >= 0.3 is 6.09 Å². The van der Waals surface area contributed by atoms with Crippen LogP contribution < -0.4 is 5.32 Å². The van der Waals surface area contributed by atoms with E-state index in [1.54, 1.807) is 24.0 Å². The Morgan fingerprint density at radius 2 is 2.27 bits per heavy atom. The fourth-order valence-electron chi connectivity index (χ4n) is 2.40. The van der Waals surface area contributed by atoms with Crippen molar-refractivity contribution in [2.24, 2.45) is 5.92 Å². The van der Waals surface area contributed by atoms with Crippen molar-refractivity contribution in [3.63, 3.8) is 0 Å². The highest BCUT2D eigenvalue weighted by molar-refractivity contribution is 9.10. The number of ether oxygens (including phenoxy) is 1. The summed E-state index contributed by atoms with van der Waals surface area (Å²) in [5.41, 5.74) is 0.572. The van der Waals surface area contributed by atoms with Gasteiger partial charge in [0.05, 0.1) is 23.2 Å². The number of halogens is 2. The van der Waals surface area contributed by atoms with Crippen molar-refractivity contribution in [2.75, 3.05) is 25.0 Å². The largest absolute Gasteiger partial charge is 0.450 e. The van der Waals surface area contributed by atoms with Gasteiger partial charge in [-0.15, -0.1) is 0 Å². The van der Waals surface area contributed by atoms with E-state index >= 15 is 0 Å². The van der Waals surface area contributed by atoms with Gasteiger partial charge in [0.15, 0.2) is 0 Å². The van der Waals surface area contributed by atoms with Crippen LogP contribution in [0.15, 0.2) is 22.7 Å². The Hall–Kier alpha value is -1.27. The number of hydrogen-bond acceptors (Lipinski definition) is 3. The third-order valence-corrected chi connectivity index (χ3v) is 4.31. The van der Waals surface area contributed by atoms with Crippen LogP contribution in [0.25, 0.3) is 0 Å². The molecular formula is C15H18BrClN2O3. The Balaban J connectivity index is 1.98. The molecule has 0 saturated carbocycles. The van der Waals surface area contributed by atoms with Crippen LogP contribution in [0, 0.1) is 5.92 Å². The Labute approximate surface area is 143 Å². The standard InChI is InChI=1S/C15H18BrClN2O3/c1-2-22-15(21)19-7-3-4-10(9-19)14(20)18-13-6-5-11(16)8-12(13)17/h5-6,8,10H,2-4,7,9H2,1H3,(H,18,20). The van der Waals surface area contributed by atoms with Gasteiger partial charge in [0.2, 0.25) is 5.91 Å². The molecule has 120 valence electrons. The highest BCUT2D eigenvalue weighted by Crippen LogP contribution is 2.27. The lowest BCUT2D eigenvalue weighted by Gasteiger charge is -2.31. The average Bonchev–Trinajstić information content (AvgIpc) is 2.50. The molecule has 1 fully saturated rings. The summed E-state index contributed by atoms with van der Waals surface area (Å²) in [6, 6.07) is 5.28. The highest BCUT2D eigenvalue weighted by atomic mass is 79.9. The number of hydrogen-bond donors (Lipinski definition) is 1. The molecule has 0 aromatic heterocycles. The molecule has 1 N–H and O–H groups in total. The van der Waals surface area contributed by atoms with Crippen LogP contribution in [0.2, 0.25) is 5.02 Å². The van der Waals surface area contributed by atoms with Gasteiger partial charge in [-0.3, -0.25) is 4.79 Å². The maximum absolute atomic E-state index is 12.4. The number of rotatable bonds is 3. The third-order valence-electron chi connectivity index (χ3n) is 3.51. The monoisotopic (exact) mass is 388 g/mol. The summed E-state index contributed by atoms with van der Waals surface area (Å²) in [6.07, 6.45) is 1.17. The van der Waals surface area contributed by atoms with E-state index in [4.69, 9.17) is 16.3 Å². The van der Waals surface area contributed by atoms with Gasteiger partial charge in [-0.05, 0) is 38.0 Å². The second-order valence-corrected chi connectivity index (χ2v) is 6.42. The van der Waals surface area contributed by atoms with Crippen LogP contribution in [-0.4, -0.2) is 36.6 Å². The lowest BCUT2D eigenvalue weighted by molar-refractivity contribution is -0.121. The number of benzene rings is 1. The first-order chi connectivity index (χ1) is 10.5. The quantitative estimate of drug-likeness (QED) is 0.852. The zero-order chi connectivity index (χ0) is 16.1. The van der Waals surface area contributed by atoms with Gasteiger partial charge in [0.25, 0.3) is 0 Å². The second kappa shape index (κ2) is 7.83. The van der Waals surface area contributed by atoms with Crippen LogP contribution in [0.5, 0.6) is 0 Å². The second-order valence-electron chi connectivity index (χ2n) is 5.10. The molecule has 7 heteroatoms. The molecule has 1 heterocycles. The molecule has 2 amide bonds. The van der Waals surface area contributed by atoms with Crippen molar-refractivity contribution in [3.8, 4) is 0 Å². The van der Waals surface area contributed by atoms with E-state index in [0.29, 0.717) is 30.4 Å². The van der Waals surface area contributed by atoms with E-state index in [-0.39, 0.29) is 17.9 Å². The number of carbonyl (C=O) groups excluding carboxylic acids is 2. The lowest BCUT2D eigenvalue weighted by atomic mass is 9.97. The van der Waals surface area contributed by atoms with Crippen LogP contribution in [0.4, 0.5) is 10.5 Å². The van der Waals surface area contributed by atoms with Crippen LogP contribution in [0.3, 0.4) is 0 Å². The first-order valence-corrected chi connectivity index (χ1v) is 8.36. The summed E-state index contributed by atoms with van der Waals surface area (Å²) in [6.45, 7) is 3.10. The van der Waals surface area contributed by atoms with Gasteiger partial charge in [0, 0.05) is 17.6 Å². The van der Waals surface area contributed by atoms with E-state index in [1.807, 2.05) is 6.07 Å². The molecule has 1 saturated heterocycles. The molecule has 5 nitrogen and oxygen atoms in total. The Kier molecular flexibility index (Phi) is 6.08. The minimum atomic E-state index is -0.360. The SMILES string of the molecule is CCOC(=O)N1CCCC(C(=O)Nc2ccc(Br)cc2Cl)C1. The molecule has 1 aliphatic rings. The number of nitrogens with one attached hydrogen (secondary N) is 1. The summed E-state index contributed by atoms with van der Waals surface area (Å²) in [4.78, 5) is 25.7. The maximum Gasteiger partial charge on any atom is 0.409 e. The topological polar surface area (TPSA) is 58.6 Å². The summed E-state index contributed by atoms with van der Waals surface area (Å²) in [7, 11) is 0. The molecule has 1 unspecified atom stereocenters. The van der Waals surface area contributed by atoms with Crippen LogP contribution in [-0.2, 0) is 9.53 Å². The molecule has 1 atom stereocenters. The van der Waals surface area contributed by atoms with E-state index in [9.17, 15) is 9.59 Å². The van der Waals surface area contributed by atoms with Crippen molar-refractivity contribution in [2.45, 2.75) is 19.8 Å². The normalized spacial score (nSPS) is 18.0.